The van der Waals surface area contributed by atoms with E-state index >= 15 is 0 Å². The summed E-state index contributed by atoms with van der Waals surface area (Å²) in [5.41, 5.74) is 0.767. The van der Waals surface area contributed by atoms with Gasteiger partial charge < -0.3 is 9.29 Å². The molecule has 4 nitrogen and oxygen atoms in total. The van der Waals surface area contributed by atoms with E-state index in [1.807, 2.05) is 30.3 Å². The van der Waals surface area contributed by atoms with Crippen LogP contribution in [0.25, 0.3) is 0 Å². The standard InChI is InChI=1S/C23H32O4S.Na/c1-2-3-4-5-6-7-8-9-11-14-20-19-22(28(24,25)26)17-18-23(20)27-21-15-12-10-13-16-21;/h10,12-13,15-19H,2-9,11,14H2,1H3,(H,24,25,26);/q;+1/p-1. The largest absolute Gasteiger partial charge is 1.00 e. The number of hydrogen-bond donors (Lipinski definition) is 0. The van der Waals surface area contributed by atoms with Crippen molar-refractivity contribution in [3.05, 3.63) is 54.1 Å². The summed E-state index contributed by atoms with van der Waals surface area (Å²) in [6.07, 6.45) is 11.7. The number of unbranched alkanes of at least 4 members (excludes halogenated alkanes) is 8. The van der Waals surface area contributed by atoms with Crippen molar-refractivity contribution >= 4 is 10.1 Å². The zero-order valence-corrected chi connectivity index (χ0v) is 20.5. The van der Waals surface area contributed by atoms with Crippen molar-refractivity contribution in [2.24, 2.45) is 0 Å². The third-order valence-corrected chi connectivity index (χ3v) is 5.67. The van der Waals surface area contributed by atoms with Gasteiger partial charge in [-0.2, -0.15) is 0 Å². The predicted molar refractivity (Wildman–Crippen MR) is 112 cm³/mol. The summed E-state index contributed by atoms with van der Waals surface area (Å²) in [6.45, 7) is 2.23. The van der Waals surface area contributed by atoms with E-state index in [4.69, 9.17) is 4.74 Å². The van der Waals surface area contributed by atoms with Crippen molar-refractivity contribution in [2.45, 2.75) is 76.0 Å². The minimum absolute atomic E-state index is 0. The Hall–Kier alpha value is -0.850. The molecule has 2 rings (SSSR count). The Balaban J connectivity index is 0.00000420. The molecule has 0 aromatic heterocycles. The van der Waals surface area contributed by atoms with Crippen LogP contribution in [0.4, 0.5) is 0 Å². The summed E-state index contributed by atoms with van der Waals surface area (Å²) < 4.78 is 40.1. The van der Waals surface area contributed by atoms with Crippen LogP contribution >= 0.6 is 0 Å². The van der Waals surface area contributed by atoms with Crippen LogP contribution in [0.3, 0.4) is 0 Å². The second kappa shape index (κ2) is 14.2. The van der Waals surface area contributed by atoms with Crippen LogP contribution in [0.15, 0.2) is 53.4 Å². The van der Waals surface area contributed by atoms with Gasteiger partial charge in [0.15, 0.2) is 0 Å². The van der Waals surface area contributed by atoms with Crippen molar-refractivity contribution in [1.29, 1.82) is 0 Å². The predicted octanol–water partition coefficient (Wildman–Crippen LogP) is 3.46. The average molecular weight is 427 g/mol. The van der Waals surface area contributed by atoms with E-state index in [0.717, 1.165) is 18.4 Å². The van der Waals surface area contributed by atoms with Crippen molar-refractivity contribution in [3.8, 4) is 11.5 Å². The molecule has 0 aliphatic heterocycles. The van der Waals surface area contributed by atoms with Gasteiger partial charge in [-0.05, 0) is 48.7 Å². The Morgan fingerprint density at radius 1 is 0.828 bits per heavy atom. The molecule has 0 atom stereocenters. The summed E-state index contributed by atoms with van der Waals surface area (Å²) in [7, 11) is -4.47. The van der Waals surface area contributed by atoms with Gasteiger partial charge >= 0.3 is 29.6 Å². The number of ether oxygens (including phenoxy) is 1. The van der Waals surface area contributed by atoms with Crippen molar-refractivity contribution in [1.82, 2.24) is 0 Å². The first-order valence-corrected chi connectivity index (χ1v) is 11.7. The van der Waals surface area contributed by atoms with Gasteiger partial charge in [0.2, 0.25) is 0 Å². The van der Waals surface area contributed by atoms with Crippen molar-refractivity contribution in [2.75, 3.05) is 0 Å². The maximum atomic E-state index is 11.4. The van der Waals surface area contributed by atoms with E-state index in [-0.39, 0.29) is 34.5 Å². The summed E-state index contributed by atoms with van der Waals surface area (Å²) in [5.74, 6) is 1.30. The monoisotopic (exact) mass is 426 g/mol. The molecule has 0 saturated heterocycles. The van der Waals surface area contributed by atoms with Gasteiger partial charge in [0.25, 0.3) is 0 Å². The maximum Gasteiger partial charge on any atom is 1.00 e. The summed E-state index contributed by atoms with van der Waals surface area (Å²) in [6, 6.07) is 13.7. The molecule has 0 radical (unpaired) electrons. The molecule has 0 aliphatic rings. The first-order valence-electron chi connectivity index (χ1n) is 10.3. The van der Waals surface area contributed by atoms with Crippen molar-refractivity contribution in [3.63, 3.8) is 0 Å². The fourth-order valence-corrected chi connectivity index (χ4v) is 3.77. The molecule has 0 N–H and O–H groups in total. The molecule has 2 aromatic rings. The molecule has 6 heteroatoms. The Morgan fingerprint density at radius 3 is 2.00 bits per heavy atom. The van der Waals surface area contributed by atoms with Crippen LogP contribution in [0.2, 0.25) is 0 Å². The van der Waals surface area contributed by atoms with Gasteiger partial charge in [0, 0.05) is 0 Å². The summed E-state index contributed by atoms with van der Waals surface area (Å²) in [4.78, 5) is -0.196. The van der Waals surface area contributed by atoms with Crippen LogP contribution in [0.1, 0.15) is 70.3 Å². The average Bonchev–Trinajstić information content (AvgIpc) is 2.67. The fraction of sp³-hybridized carbons (Fsp3) is 0.478. The Bertz CT molecular complexity index is 807. The van der Waals surface area contributed by atoms with Crippen molar-refractivity contribution < 1.29 is 47.3 Å². The van der Waals surface area contributed by atoms with Crippen LogP contribution in [0, 0.1) is 0 Å². The molecule has 154 valence electrons. The van der Waals surface area contributed by atoms with Gasteiger partial charge in [0.1, 0.15) is 21.6 Å². The number of aryl methyl sites for hydroxylation is 1. The van der Waals surface area contributed by atoms with Crippen LogP contribution in [-0.4, -0.2) is 13.0 Å². The second-order valence-corrected chi connectivity index (χ2v) is 8.60. The van der Waals surface area contributed by atoms with E-state index in [2.05, 4.69) is 6.92 Å². The first kappa shape index (κ1) is 26.2. The summed E-state index contributed by atoms with van der Waals surface area (Å²) >= 11 is 0. The van der Waals surface area contributed by atoms with E-state index in [9.17, 15) is 13.0 Å². The second-order valence-electron chi connectivity index (χ2n) is 7.22. The van der Waals surface area contributed by atoms with E-state index < -0.39 is 10.1 Å². The molecule has 0 amide bonds. The molecule has 0 bridgehead atoms. The molecule has 0 spiro atoms. The minimum Gasteiger partial charge on any atom is -0.744 e. The maximum absolute atomic E-state index is 11.4. The fourth-order valence-electron chi connectivity index (χ4n) is 3.25. The topological polar surface area (TPSA) is 66.4 Å². The van der Waals surface area contributed by atoms with Crippen LogP contribution in [0.5, 0.6) is 11.5 Å². The quantitative estimate of drug-likeness (QED) is 0.279. The normalized spacial score (nSPS) is 11.1. The first-order chi connectivity index (χ1) is 13.5. The molecule has 29 heavy (non-hydrogen) atoms. The molecule has 0 fully saturated rings. The number of para-hydroxylation sites is 1. The number of rotatable bonds is 13. The Kier molecular flexibility index (Phi) is 12.8. The Morgan fingerprint density at radius 2 is 1.41 bits per heavy atom. The molecule has 2 aromatic carbocycles. The molecular weight excluding hydrogens is 395 g/mol. The number of hydrogen-bond acceptors (Lipinski definition) is 4. The van der Waals surface area contributed by atoms with E-state index in [1.165, 1.54) is 57.1 Å². The third-order valence-electron chi connectivity index (χ3n) is 4.84. The molecule has 0 heterocycles. The molecule has 0 aliphatic carbocycles. The molecular formula is C23H31NaO4S. The Labute approximate surface area is 198 Å². The smallest absolute Gasteiger partial charge is 0.744 e. The van der Waals surface area contributed by atoms with E-state index in [1.54, 1.807) is 6.07 Å². The van der Waals surface area contributed by atoms with Gasteiger partial charge in [-0.25, -0.2) is 8.42 Å². The van der Waals surface area contributed by atoms with E-state index in [0.29, 0.717) is 17.9 Å². The third kappa shape index (κ3) is 10.1. The summed E-state index contributed by atoms with van der Waals surface area (Å²) in [5, 5.41) is 0. The zero-order chi connectivity index (χ0) is 20.2. The van der Waals surface area contributed by atoms with Gasteiger partial charge in [-0.1, -0.05) is 76.5 Å². The van der Waals surface area contributed by atoms with Gasteiger partial charge in [-0.3, -0.25) is 0 Å². The van der Waals surface area contributed by atoms with Crippen LogP contribution in [-0.2, 0) is 16.5 Å². The molecule has 0 saturated carbocycles. The van der Waals surface area contributed by atoms with Gasteiger partial charge in [0.05, 0.1) is 4.90 Å². The van der Waals surface area contributed by atoms with Crippen LogP contribution < -0.4 is 34.3 Å². The van der Waals surface area contributed by atoms with Gasteiger partial charge in [-0.15, -0.1) is 0 Å². The zero-order valence-electron chi connectivity index (χ0n) is 17.7. The SMILES string of the molecule is CCCCCCCCCCCc1cc(S(=O)(=O)[O-])ccc1Oc1ccccc1.[Na+]. The molecule has 0 unspecified atom stereocenters. The minimum atomic E-state index is -4.47. The number of benzene rings is 2.